The number of imidazole rings is 1. The predicted octanol–water partition coefficient (Wildman–Crippen LogP) is 2.67. The van der Waals surface area contributed by atoms with Gasteiger partial charge < -0.3 is 19.5 Å². The molecule has 2 aromatic rings. The maximum Gasteiger partial charge on any atom is 0.310 e. The number of aromatic nitrogens is 2. The summed E-state index contributed by atoms with van der Waals surface area (Å²) in [7, 11) is 0. The predicted molar refractivity (Wildman–Crippen MR) is 114 cm³/mol. The van der Waals surface area contributed by atoms with Crippen LogP contribution in [0.4, 0.5) is 0 Å². The van der Waals surface area contributed by atoms with Gasteiger partial charge in [-0.05, 0) is 37.8 Å². The van der Waals surface area contributed by atoms with E-state index in [9.17, 15) is 4.79 Å². The summed E-state index contributed by atoms with van der Waals surface area (Å²) in [5, 5.41) is 3.38. The molecule has 0 spiro atoms. The van der Waals surface area contributed by atoms with E-state index in [4.69, 9.17) is 9.73 Å². The van der Waals surface area contributed by atoms with Crippen LogP contribution in [-0.2, 0) is 22.6 Å². The summed E-state index contributed by atoms with van der Waals surface area (Å²) in [4.78, 5) is 23.3. The first-order valence-corrected chi connectivity index (χ1v) is 10.4. The van der Waals surface area contributed by atoms with Gasteiger partial charge in [0.15, 0.2) is 5.96 Å². The number of hydrogen-bond acceptors (Lipinski definition) is 4. The molecular formula is C22H31N5O2. The Morgan fingerprint density at radius 2 is 2.21 bits per heavy atom. The van der Waals surface area contributed by atoms with Crippen LogP contribution in [0.5, 0.6) is 0 Å². The van der Waals surface area contributed by atoms with Gasteiger partial charge in [-0.3, -0.25) is 4.79 Å². The molecule has 1 N–H and O–H groups in total. The molecule has 2 heterocycles. The average molecular weight is 398 g/mol. The van der Waals surface area contributed by atoms with Crippen molar-refractivity contribution >= 4 is 11.9 Å². The fourth-order valence-electron chi connectivity index (χ4n) is 3.63. The van der Waals surface area contributed by atoms with Crippen LogP contribution in [0.2, 0.25) is 0 Å². The van der Waals surface area contributed by atoms with Crippen molar-refractivity contribution in [3.63, 3.8) is 0 Å². The van der Waals surface area contributed by atoms with Crippen LogP contribution in [0.1, 0.15) is 37.8 Å². The van der Waals surface area contributed by atoms with Crippen molar-refractivity contribution in [2.45, 2.75) is 39.8 Å². The van der Waals surface area contributed by atoms with E-state index in [1.807, 2.05) is 19.4 Å². The highest BCUT2D eigenvalue weighted by Crippen LogP contribution is 2.18. The second-order valence-electron chi connectivity index (χ2n) is 7.26. The van der Waals surface area contributed by atoms with Gasteiger partial charge in [0.2, 0.25) is 0 Å². The van der Waals surface area contributed by atoms with E-state index >= 15 is 0 Å². The van der Waals surface area contributed by atoms with Gasteiger partial charge in [0.25, 0.3) is 0 Å². The van der Waals surface area contributed by atoms with E-state index in [1.165, 1.54) is 5.56 Å². The van der Waals surface area contributed by atoms with E-state index in [1.54, 1.807) is 6.20 Å². The number of guanidine groups is 1. The third-order valence-electron chi connectivity index (χ3n) is 5.00. The number of aliphatic imine (C=N–C) groups is 1. The molecule has 0 amide bonds. The Morgan fingerprint density at radius 3 is 2.97 bits per heavy atom. The number of piperidine rings is 1. The Bertz CT molecular complexity index is 803. The Morgan fingerprint density at radius 1 is 1.34 bits per heavy atom. The molecule has 1 atom stereocenters. The fourth-order valence-corrected chi connectivity index (χ4v) is 3.63. The van der Waals surface area contributed by atoms with Crippen molar-refractivity contribution in [3.8, 4) is 0 Å². The summed E-state index contributed by atoms with van der Waals surface area (Å²) in [6, 6.07) is 8.47. The normalized spacial score (nSPS) is 17.2. The second kappa shape index (κ2) is 10.6. The topological polar surface area (TPSA) is 71.8 Å². The molecular weight excluding hydrogens is 366 g/mol. The molecule has 7 heteroatoms. The molecule has 1 aliphatic heterocycles. The van der Waals surface area contributed by atoms with Crippen molar-refractivity contribution in [3.05, 3.63) is 54.1 Å². The molecule has 0 saturated carbocycles. The minimum atomic E-state index is -0.0970. The highest BCUT2D eigenvalue weighted by Gasteiger charge is 2.28. The first-order chi connectivity index (χ1) is 14.2. The van der Waals surface area contributed by atoms with Crippen LogP contribution in [0.3, 0.4) is 0 Å². The van der Waals surface area contributed by atoms with Crippen LogP contribution in [-0.4, -0.2) is 52.6 Å². The number of rotatable bonds is 7. The number of carbonyl (C=O) groups excluding carboxylic acids is 1. The summed E-state index contributed by atoms with van der Waals surface area (Å²) in [6.07, 6.45) is 7.42. The molecule has 1 saturated heterocycles. The molecule has 0 radical (unpaired) electrons. The minimum Gasteiger partial charge on any atom is -0.466 e. The van der Waals surface area contributed by atoms with E-state index in [0.29, 0.717) is 19.7 Å². The number of carbonyl (C=O) groups is 1. The average Bonchev–Trinajstić information content (AvgIpc) is 3.25. The third kappa shape index (κ3) is 6.07. The lowest BCUT2D eigenvalue weighted by Gasteiger charge is -2.34. The number of nitrogens with one attached hydrogen (secondary N) is 1. The largest absolute Gasteiger partial charge is 0.466 e. The van der Waals surface area contributed by atoms with Gasteiger partial charge in [0.05, 0.1) is 25.4 Å². The highest BCUT2D eigenvalue weighted by molar-refractivity contribution is 5.81. The zero-order valence-electron chi connectivity index (χ0n) is 17.4. The molecule has 156 valence electrons. The Hall–Kier alpha value is -2.83. The summed E-state index contributed by atoms with van der Waals surface area (Å²) in [5.74, 6) is 0.688. The molecule has 0 bridgehead atoms. The van der Waals surface area contributed by atoms with Gasteiger partial charge in [-0.25, -0.2) is 9.98 Å². The van der Waals surface area contributed by atoms with Crippen LogP contribution in [0, 0.1) is 5.92 Å². The molecule has 1 unspecified atom stereocenters. The van der Waals surface area contributed by atoms with Gasteiger partial charge in [-0.1, -0.05) is 24.3 Å². The third-order valence-corrected chi connectivity index (χ3v) is 5.00. The Balaban J connectivity index is 1.66. The summed E-state index contributed by atoms with van der Waals surface area (Å²) >= 11 is 0. The Labute approximate surface area is 172 Å². The number of nitrogens with zero attached hydrogens (tertiary/aromatic N) is 4. The van der Waals surface area contributed by atoms with Gasteiger partial charge in [0, 0.05) is 38.6 Å². The maximum absolute atomic E-state index is 12.2. The molecule has 29 heavy (non-hydrogen) atoms. The maximum atomic E-state index is 12.2. The SMILES string of the molecule is CCNC(=NCc1cccc(Cn2ccnc2)c1)N1CCCC(C(=O)OCC)C1. The summed E-state index contributed by atoms with van der Waals surface area (Å²) < 4.78 is 7.27. The minimum absolute atomic E-state index is 0.0777. The summed E-state index contributed by atoms with van der Waals surface area (Å²) in [6.45, 7) is 8.09. The van der Waals surface area contributed by atoms with Crippen molar-refractivity contribution in [2.75, 3.05) is 26.2 Å². The first kappa shape index (κ1) is 20.9. The Kier molecular flexibility index (Phi) is 7.67. The van der Waals surface area contributed by atoms with E-state index in [0.717, 1.165) is 44.0 Å². The van der Waals surface area contributed by atoms with Gasteiger partial charge in [0.1, 0.15) is 0 Å². The second-order valence-corrected chi connectivity index (χ2v) is 7.26. The number of esters is 1. The number of likely N-dealkylation sites (tertiary alicyclic amines) is 1. The monoisotopic (exact) mass is 397 g/mol. The zero-order valence-corrected chi connectivity index (χ0v) is 17.4. The molecule has 3 rings (SSSR count). The van der Waals surface area contributed by atoms with Gasteiger partial charge >= 0.3 is 5.97 Å². The smallest absolute Gasteiger partial charge is 0.310 e. The number of hydrogen-bond donors (Lipinski definition) is 1. The lowest BCUT2D eigenvalue weighted by molar-refractivity contribution is -0.149. The quantitative estimate of drug-likeness (QED) is 0.442. The van der Waals surface area contributed by atoms with Crippen molar-refractivity contribution in [2.24, 2.45) is 10.9 Å². The van der Waals surface area contributed by atoms with Crippen LogP contribution in [0.15, 0.2) is 48.0 Å². The molecule has 1 aromatic heterocycles. The fraction of sp³-hybridized carbons (Fsp3) is 0.500. The lowest BCUT2D eigenvalue weighted by Crippen LogP contribution is -2.48. The number of ether oxygens (including phenoxy) is 1. The molecule has 1 fully saturated rings. The van der Waals surface area contributed by atoms with Crippen molar-refractivity contribution in [1.29, 1.82) is 0 Å². The molecule has 1 aliphatic rings. The first-order valence-electron chi connectivity index (χ1n) is 10.4. The van der Waals surface area contributed by atoms with E-state index in [2.05, 4.69) is 51.0 Å². The van der Waals surface area contributed by atoms with E-state index in [-0.39, 0.29) is 11.9 Å². The zero-order chi connectivity index (χ0) is 20.5. The van der Waals surface area contributed by atoms with Crippen molar-refractivity contribution < 1.29 is 9.53 Å². The lowest BCUT2D eigenvalue weighted by atomic mass is 9.98. The van der Waals surface area contributed by atoms with Gasteiger partial charge in [-0.2, -0.15) is 0 Å². The van der Waals surface area contributed by atoms with Gasteiger partial charge in [-0.15, -0.1) is 0 Å². The molecule has 7 nitrogen and oxygen atoms in total. The summed E-state index contributed by atoms with van der Waals surface area (Å²) in [5.41, 5.74) is 2.39. The molecule has 0 aliphatic carbocycles. The standard InChI is InChI=1S/C22H31N5O2/c1-3-24-22(27-11-6-9-20(16-27)21(28)29-4-2)25-14-18-7-5-8-19(13-18)15-26-12-10-23-17-26/h5,7-8,10,12-13,17,20H,3-4,6,9,11,14-16H2,1-2H3,(H,24,25). The van der Waals surface area contributed by atoms with Crippen LogP contribution >= 0.6 is 0 Å². The van der Waals surface area contributed by atoms with Crippen LogP contribution < -0.4 is 5.32 Å². The highest BCUT2D eigenvalue weighted by atomic mass is 16.5. The van der Waals surface area contributed by atoms with Crippen molar-refractivity contribution in [1.82, 2.24) is 19.8 Å². The number of benzene rings is 1. The van der Waals surface area contributed by atoms with E-state index < -0.39 is 0 Å². The van der Waals surface area contributed by atoms with Crippen LogP contribution in [0.25, 0.3) is 0 Å². The molecule has 1 aromatic carbocycles.